The second-order valence-corrected chi connectivity index (χ2v) is 9.68. The minimum absolute atomic E-state index is 0.191. The fourth-order valence-electron chi connectivity index (χ4n) is 5.20. The maximum atomic E-state index is 13.7. The highest BCUT2D eigenvalue weighted by Gasteiger charge is 2.45. The molecule has 2 aromatic carbocycles. The molecular weight excluding hydrogens is 456 g/mol. The minimum atomic E-state index is -0.839. The van der Waals surface area contributed by atoms with E-state index in [4.69, 9.17) is 9.72 Å². The zero-order valence-electron chi connectivity index (χ0n) is 21.0. The molecule has 8 nitrogen and oxygen atoms in total. The number of methoxy groups -OCH3 is 1. The SMILES string of the molecule is COc1cccc2c(C)cc(N3CCN(C(=O)C(C(C)C)N4C(=O)c5ccccc5C4=O)CC3)nc12. The lowest BCUT2D eigenvalue weighted by molar-refractivity contribution is -0.137. The quantitative estimate of drug-likeness (QED) is 0.513. The first-order chi connectivity index (χ1) is 17.3. The summed E-state index contributed by atoms with van der Waals surface area (Å²) in [5, 5.41) is 1.05. The van der Waals surface area contributed by atoms with Gasteiger partial charge in [-0.2, -0.15) is 0 Å². The summed E-state index contributed by atoms with van der Waals surface area (Å²) in [5.41, 5.74) is 2.65. The first-order valence-electron chi connectivity index (χ1n) is 12.3. The Bertz CT molecular complexity index is 1330. The van der Waals surface area contributed by atoms with E-state index in [1.165, 1.54) is 0 Å². The molecule has 0 radical (unpaired) electrons. The molecule has 3 amide bonds. The van der Waals surface area contributed by atoms with Crippen LogP contribution in [0.15, 0.2) is 48.5 Å². The third-order valence-electron chi connectivity index (χ3n) is 7.12. The summed E-state index contributed by atoms with van der Waals surface area (Å²) in [5.74, 6) is 0.375. The number of benzene rings is 2. The van der Waals surface area contributed by atoms with Crippen LogP contribution in [0.3, 0.4) is 0 Å². The molecule has 0 spiro atoms. The van der Waals surface area contributed by atoms with E-state index >= 15 is 0 Å². The van der Waals surface area contributed by atoms with Crippen molar-refractivity contribution in [3.8, 4) is 5.75 Å². The van der Waals surface area contributed by atoms with Gasteiger partial charge in [-0.3, -0.25) is 19.3 Å². The van der Waals surface area contributed by atoms with Crippen molar-refractivity contribution in [2.75, 3.05) is 38.2 Å². The Labute approximate surface area is 210 Å². The molecule has 3 aromatic rings. The van der Waals surface area contributed by atoms with Gasteiger partial charge in [0, 0.05) is 31.6 Å². The van der Waals surface area contributed by atoms with Gasteiger partial charge in [0.2, 0.25) is 5.91 Å². The number of para-hydroxylation sites is 1. The maximum Gasteiger partial charge on any atom is 0.262 e. The average molecular weight is 487 g/mol. The van der Waals surface area contributed by atoms with E-state index in [0.717, 1.165) is 32.9 Å². The minimum Gasteiger partial charge on any atom is -0.494 e. The van der Waals surface area contributed by atoms with Crippen LogP contribution in [0.2, 0.25) is 0 Å². The lowest BCUT2D eigenvalue weighted by Gasteiger charge is -2.39. The Morgan fingerprint density at radius 1 is 0.944 bits per heavy atom. The number of ether oxygens (including phenoxy) is 1. The third-order valence-corrected chi connectivity index (χ3v) is 7.12. The van der Waals surface area contributed by atoms with Crippen LogP contribution in [0.1, 0.15) is 40.1 Å². The highest BCUT2D eigenvalue weighted by atomic mass is 16.5. The maximum absolute atomic E-state index is 13.7. The summed E-state index contributed by atoms with van der Waals surface area (Å²) in [7, 11) is 1.64. The van der Waals surface area contributed by atoms with E-state index in [2.05, 4.69) is 17.9 Å². The Morgan fingerprint density at radius 3 is 2.17 bits per heavy atom. The fourth-order valence-corrected chi connectivity index (χ4v) is 5.20. The zero-order chi connectivity index (χ0) is 25.6. The molecule has 1 aromatic heterocycles. The number of hydrogen-bond acceptors (Lipinski definition) is 6. The molecular formula is C28H30N4O4. The van der Waals surface area contributed by atoms with E-state index in [0.29, 0.717) is 37.3 Å². The van der Waals surface area contributed by atoms with Gasteiger partial charge in [-0.25, -0.2) is 4.98 Å². The number of carbonyl (C=O) groups excluding carboxylic acids is 3. The first-order valence-corrected chi connectivity index (χ1v) is 12.3. The van der Waals surface area contributed by atoms with Gasteiger partial charge < -0.3 is 14.5 Å². The van der Waals surface area contributed by atoms with E-state index < -0.39 is 17.9 Å². The molecule has 36 heavy (non-hydrogen) atoms. The van der Waals surface area contributed by atoms with Gasteiger partial charge in [-0.1, -0.05) is 38.1 Å². The van der Waals surface area contributed by atoms with Gasteiger partial charge in [0.15, 0.2) is 0 Å². The molecule has 0 aliphatic carbocycles. The van der Waals surface area contributed by atoms with Gasteiger partial charge in [0.1, 0.15) is 23.1 Å². The van der Waals surface area contributed by atoms with Crippen molar-refractivity contribution < 1.29 is 19.1 Å². The summed E-state index contributed by atoms with van der Waals surface area (Å²) < 4.78 is 5.52. The van der Waals surface area contributed by atoms with Gasteiger partial charge in [-0.05, 0) is 42.7 Å². The molecule has 0 N–H and O–H groups in total. The Morgan fingerprint density at radius 2 is 1.58 bits per heavy atom. The van der Waals surface area contributed by atoms with E-state index in [9.17, 15) is 14.4 Å². The average Bonchev–Trinajstić information content (AvgIpc) is 3.13. The highest BCUT2D eigenvalue weighted by Crippen LogP contribution is 2.31. The monoisotopic (exact) mass is 486 g/mol. The largest absolute Gasteiger partial charge is 0.494 e. The Hall–Kier alpha value is -3.94. The molecule has 3 heterocycles. The van der Waals surface area contributed by atoms with Gasteiger partial charge >= 0.3 is 0 Å². The molecule has 5 rings (SSSR count). The number of nitrogens with zero attached hydrogens (tertiary/aromatic N) is 4. The van der Waals surface area contributed by atoms with E-state index in [1.54, 1.807) is 36.3 Å². The molecule has 0 saturated carbocycles. The number of aryl methyl sites for hydroxylation is 1. The molecule has 1 atom stereocenters. The summed E-state index contributed by atoms with van der Waals surface area (Å²) in [6, 6.07) is 13.9. The number of pyridine rings is 1. The van der Waals surface area contributed by atoms with Crippen LogP contribution < -0.4 is 9.64 Å². The molecule has 2 aliphatic heterocycles. The predicted octanol–water partition coefficient (Wildman–Crippen LogP) is 3.52. The van der Waals surface area contributed by atoms with Crippen molar-refractivity contribution in [3.05, 3.63) is 65.2 Å². The van der Waals surface area contributed by atoms with Crippen LogP contribution in [0, 0.1) is 12.8 Å². The van der Waals surface area contributed by atoms with Crippen LogP contribution in [-0.4, -0.2) is 71.8 Å². The molecule has 2 aliphatic rings. The molecule has 1 saturated heterocycles. The normalized spacial score (nSPS) is 16.6. The van der Waals surface area contributed by atoms with Crippen molar-refractivity contribution in [2.24, 2.45) is 5.92 Å². The lowest BCUT2D eigenvalue weighted by atomic mass is 10.0. The lowest BCUT2D eigenvalue weighted by Crippen LogP contribution is -2.57. The summed E-state index contributed by atoms with van der Waals surface area (Å²) >= 11 is 0. The highest BCUT2D eigenvalue weighted by molar-refractivity contribution is 6.22. The standard InChI is InChI=1S/C28H30N4O4/c1-17(2)25(32-26(33)20-8-5-6-9-21(20)27(32)34)28(35)31-14-12-30(13-15-31)23-16-18(3)19-10-7-11-22(36-4)24(19)29-23/h5-11,16-17,25H,12-15H2,1-4H3. The van der Waals surface area contributed by atoms with Gasteiger partial charge in [-0.15, -0.1) is 0 Å². The van der Waals surface area contributed by atoms with Crippen LogP contribution in [0.4, 0.5) is 5.82 Å². The van der Waals surface area contributed by atoms with Gasteiger partial charge in [0.25, 0.3) is 11.8 Å². The third kappa shape index (κ3) is 3.86. The van der Waals surface area contributed by atoms with Crippen LogP contribution >= 0.6 is 0 Å². The predicted molar refractivity (Wildman–Crippen MR) is 137 cm³/mol. The van der Waals surface area contributed by atoms with Crippen molar-refractivity contribution in [3.63, 3.8) is 0 Å². The van der Waals surface area contributed by atoms with Crippen molar-refractivity contribution in [2.45, 2.75) is 26.8 Å². The van der Waals surface area contributed by atoms with Crippen molar-refractivity contribution in [1.82, 2.24) is 14.8 Å². The fraction of sp³-hybridized carbons (Fsp3) is 0.357. The zero-order valence-corrected chi connectivity index (χ0v) is 21.0. The Kier molecular flexibility index (Phi) is 6.12. The Balaban J connectivity index is 1.34. The topological polar surface area (TPSA) is 83.0 Å². The smallest absolute Gasteiger partial charge is 0.262 e. The molecule has 8 heteroatoms. The van der Waals surface area contributed by atoms with E-state index in [-0.39, 0.29) is 11.8 Å². The molecule has 1 unspecified atom stereocenters. The van der Waals surface area contributed by atoms with Gasteiger partial charge in [0.05, 0.1) is 18.2 Å². The summed E-state index contributed by atoms with van der Waals surface area (Å²) in [6.07, 6.45) is 0. The molecule has 186 valence electrons. The number of hydrogen-bond donors (Lipinski definition) is 0. The number of carbonyl (C=O) groups is 3. The van der Waals surface area contributed by atoms with Crippen LogP contribution in [0.25, 0.3) is 10.9 Å². The first kappa shape index (κ1) is 23.8. The summed E-state index contributed by atoms with van der Waals surface area (Å²) in [6.45, 7) is 7.97. The van der Waals surface area contributed by atoms with Crippen molar-refractivity contribution >= 4 is 34.4 Å². The second-order valence-electron chi connectivity index (χ2n) is 9.68. The van der Waals surface area contributed by atoms with Crippen LogP contribution in [0.5, 0.6) is 5.75 Å². The number of amides is 3. The number of piperazine rings is 1. The van der Waals surface area contributed by atoms with E-state index in [1.807, 2.05) is 32.0 Å². The number of anilines is 1. The molecule has 0 bridgehead atoms. The molecule has 1 fully saturated rings. The number of aromatic nitrogens is 1. The van der Waals surface area contributed by atoms with Crippen LogP contribution in [-0.2, 0) is 4.79 Å². The van der Waals surface area contributed by atoms with Crippen molar-refractivity contribution in [1.29, 1.82) is 0 Å². The number of rotatable bonds is 5. The number of fused-ring (bicyclic) bond motifs is 2. The summed E-state index contributed by atoms with van der Waals surface area (Å²) in [4.78, 5) is 49.8. The second kappa shape index (κ2) is 9.26. The number of imide groups is 1.